The van der Waals surface area contributed by atoms with E-state index in [-0.39, 0.29) is 25.0 Å². The van der Waals surface area contributed by atoms with Crippen molar-refractivity contribution in [3.05, 3.63) is 5.82 Å². The fourth-order valence-electron chi connectivity index (χ4n) is 3.57. The summed E-state index contributed by atoms with van der Waals surface area (Å²) in [6.07, 6.45) is 3.31. The van der Waals surface area contributed by atoms with E-state index < -0.39 is 36.5 Å². The van der Waals surface area contributed by atoms with Crippen LogP contribution < -0.4 is 10.6 Å². The van der Waals surface area contributed by atoms with E-state index in [0.29, 0.717) is 0 Å². The molecular weight excluding hydrogens is 372 g/mol. The molecule has 1 saturated heterocycles. The number of nitrogens with zero attached hydrogens (tertiary/aromatic N) is 5. The number of nitrogens with one attached hydrogen (secondary N) is 3. The molecule has 0 aromatic carbocycles. The molecule has 2 heterocycles. The Labute approximate surface area is 159 Å². The van der Waals surface area contributed by atoms with Gasteiger partial charge in [-0.3, -0.25) is 9.59 Å². The molecule has 4 N–H and O–H groups in total. The summed E-state index contributed by atoms with van der Waals surface area (Å²) in [6, 6.07) is -1.65. The van der Waals surface area contributed by atoms with Gasteiger partial charge in [-0.25, -0.2) is 14.5 Å². The SMILES string of the molecule is O=C(O)NCC(=O)N1C(=O)N(C2CCCCC2)CC1C(=O)NCc1nn[nH]n1. The maximum Gasteiger partial charge on any atom is 0.405 e. The standard InChI is InChI=1S/C15H22N8O5/c24-12(7-17-14(26)27)23-10(13(25)16-6-11-18-20-21-19-11)8-22(15(23)28)9-4-2-1-3-5-9/h9-10,17H,1-8H2,(H,16,25)(H,26,27)(H,18,19,20,21). The minimum atomic E-state index is -1.39. The average Bonchev–Trinajstić information content (AvgIpc) is 3.32. The van der Waals surface area contributed by atoms with Crippen LogP contribution in [0.3, 0.4) is 0 Å². The molecule has 1 unspecified atom stereocenters. The molecule has 13 nitrogen and oxygen atoms in total. The van der Waals surface area contributed by atoms with Gasteiger partial charge in [0.25, 0.3) is 5.91 Å². The Morgan fingerprint density at radius 3 is 2.57 bits per heavy atom. The zero-order chi connectivity index (χ0) is 20.1. The van der Waals surface area contributed by atoms with Gasteiger partial charge in [0.15, 0.2) is 5.82 Å². The van der Waals surface area contributed by atoms with Crippen molar-refractivity contribution >= 4 is 23.9 Å². The minimum Gasteiger partial charge on any atom is -0.465 e. The van der Waals surface area contributed by atoms with Crippen LogP contribution in [-0.4, -0.2) is 84.6 Å². The van der Waals surface area contributed by atoms with Gasteiger partial charge >= 0.3 is 12.1 Å². The summed E-state index contributed by atoms with van der Waals surface area (Å²) < 4.78 is 0. The Morgan fingerprint density at radius 1 is 1.18 bits per heavy atom. The Balaban J connectivity index is 1.72. The molecule has 1 saturated carbocycles. The van der Waals surface area contributed by atoms with E-state index in [1.54, 1.807) is 4.90 Å². The molecule has 1 aliphatic heterocycles. The summed E-state index contributed by atoms with van der Waals surface area (Å²) in [4.78, 5) is 51.1. The number of amides is 5. The Kier molecular flexibility index (Phi) is 6.01. The maximum atomic E-state index is 12.9. The number of imide groups is 1. The normalized spacial score (nSPS) is 20.3. The minimum absolute atomic E-state index is 0.0150. The summed E-state index contributed by atoms with van der Waals surface area (Å²) in [6.45, 7) is -0.534. The van der Waals surface area contributed by atoms with Gasteiger partial charge in [-0.15, -0.1) is 10.2 Å². The van der Waals surface area contributed by atoms with Crippen LogP contribution in [0.25, 0.3) is 0 Å². The molecule has 2 fully saturated rings. The van der Waals surface area contributed by atoms with Gasteiger partial charge < -0.3 is 20.6 Å². The fourth-order valence-corrected chi connectivity index (χ4v) is 3.57. The summed E-state index contributed by atoms with van der Waals surface area (Å²) in [7, 11) is 0. The topological polar surface area (TPSA) is 174 Å². The molecule has 3 rings (SSSR count). The van der Waals surface area contributed by atoms with E-state index in [4.69, 9.17) is 5.11 Å². The molecular formula is C15H22N8O5. The fraction of sp³-hybridized carbons (Fsp3) is 0.667. The number of rotatable bonds is 6. The van der Waals surface area contributed by atoms with Gasteiger partial charge in [0, 0.05) is 6.04 Å². The van der Waals surface area contributed by atoms with E-state index in [1.807, 2.05) is 5.32 Å². The number of hydrogen-bond donors (Lipinski definition) is 4. The van der Waals surface area contributed by atoms with Crippen LogP contribution in [-0.2, 0) is 16.1 Å². The quantitative estimate of drug-likeness (QED) is 0.478. The van der Waals surface area contributed by atoms with E-state index in [1.165, 1.54) is 0 Å². The number of carbonyl (C=O) groups excluding carboxylic acids is 3. The maximum absolute atomic E-state index is 12.9. The van der Waals surface area contributed by atoms with Gasteiger partial charge in [0.1, 0.15) is 12.6 Å². The number of aromatic amines is 1. The highest BCUT2D eigenvalue weighted by atomic mass is 16.4. The molecule has 0 radical (unpaired) electrons. The Morgan fingerprint density at radius 2 is 1.93 bits per heavy atom. The van der Waals surface area contributed by atoms with E-state index in [0.717, 1.165) is 37.0 Å². The second kappa shape index (κ2) is 8.63. The second-order valence-corrected chi connectivity index (χ2v) is 6.71. The molecule has 0 spiro atoms. The molecule has 13 heteroatoms. The largest absolute Gasteiger partial charge is 0.465 e. The van der Waals surface area contributed by atoms with Gasteiger partial charge in [-0.1, -0.05) is 24.5 Å². The van der Waals surface area contributed by atoms with Crippen molar-refractivity contribution in [1.29, 1.82) is 0 Å². The van der Waals surface area contributed by atoms with E-state index >= 15 is 0 Å². The molecule has 1 atom stereocenters. The zero-order valence-corrected chi connectivity index (χ0v) is 15.1. The van der Waals surface area contributed by atoms with Gasteiger partial charge in [-0.2, -0.15) is 5.21 Å². The second-order valence-electron chi connectivity index (χ2n) is 6.71. The molecule has 1 aliphatic carbocycles. The van der Waals surface area contributed by atoms with Crippen molar-refractivity contribution in [3.63, 3.8) is 0 Å². The first-order valence-corrected chi connectivity index (χ1v) is 9.07. The van der Waals surface area contributed by atoms with Gasteiger partial charge in [0.05, 0.1) is 13.1 Å². The molecule has 1 aromatic rings. The van der Waals surface area contributed by atoms with Gasteiger partial charge in [-0.05, 0) is 12.8 Å². The zero-order valence-electron chi connectivity index (χ0n) is 15.1. The number of hydrogen-bond acceptors (Lipinski definition) is 7. The first-order chi connectivity index (χ1) is 13.5. The predicted molar refractivity (Wildman–Crippen MR) is 91.7 cm³/mol. The highest BCUT2D eigenvalue weighted by molar-refractivity contribution is 6.03. The summed E-state index contributed by atoms with van der Waals surface area (Å²) in [5, 5.41) is 26.3. The van der Waals surface area contributed by atoms with Crippen molar-refractivity contribution in [2.45, 2.75) is 50.7 Å². The van der Waals surface area contributed by atoms with Crippen molar-refractivity contribution in [1.82, 2.24) is 41.1 Å². The molecule has 152 valence electrons. The first kappa shape index (κ1) is 19.5. The summed E-state index contributed by atoms with van der Waals surface area (Å²) in [5.74, 6) is -1.06. The number of aromatic nitrogens is 4. The first-order valence-electron chi connectivity index (χ1n) is 9.07. The average molecular weight is 394 g/mol. The van der Waals surface area contributed by atoms with Crippen molar-refractivity contribution in [2.75, 3.05) is 13.1 Å². The van der Waals surface area contributed by atoms with E-state index in [2.05, 4.69) is 25.9 Å². The molecule has 2 aliphatic rings. The third-order valence-corrected chi connectivity index (χ3v) is 4.92. The highest BCUT2D eigenvalue weighted by Gasteiger charge is 2.47. The molecule has 5 amide bonds. The lowest BCUT2D eigenvalue weighted by Crippen LogP contribution is -2.51. The van der Waals surface area contributed by atoms with Crippen LogP contribution in [0.1, 0.15) is 37.9 Å². The third-order valence-electron chi connectivity index (χ3n) is 4.92. The summed E-state index contributed by atoms with van der Waals surface area (Å²) in [5.41, 5.74) is 0. The lowest BCUT2D eigenvalue weighted by molar-refractivity contribution is -0.135. The van der Waals surface area contributed by atoms with Crippen LogP contribution in [0, 0.1) is 0 Å². The van der Waals surface area contributed by atoms with Crippen LogP contribution in [0.15, 0.2) is 0 Å². The lowest BCUT2D eigenvalue weighted by atomic mass is 9.94. The Bertz CT molecular complexity index is 733. The van der Waals surface area contributed by atoms with E-state index in [9.17, 15) is 19.2 Å². The Hall–Kier alpha value is -3.25. The number of urea groups is 1. The number of tetrazole rings is 1. The molecule has 1 aromatic heterocycles. The highest BCUT2D eigenvalue weighted by Crippen LogP contribution is 2.28. The third kappa shape index (κ3) is 4.35. The van der Waals surface area contributed by atoms with Crippen LogP contribution >= 0.6 is 0 Å². The monoisotopic (exact) mass is 394 g/mol. The van der Waals surface area contributed by atoms with Crippen molar-refractivity contribution in [3.8, 4) is 0 Å². The van der Waals surface area contributed by atoms with Crippen LogP contribution in [0.2, 0.25) is 0 Å². The van der Waals surface area contributed by atoms with Crippen molar-refractivity contribution in [2.24, 2.45) is 0 Å². The number of carbonyl (C=O) groups is 4. The van der Waals surface area contributed by atoms with Crippen molar-refractivity contribution < 1.29 is 24.3 Å². The van der Waals surface area contributed by atoms with Crippen LogP contribution in [0.5, 0.6) is 0 Å². The number of H-pyrrole nitrogens is 1. The smallest absolute Gasteiger partial charge is 0.405 e. The summed E-state index contributed by atoms with van der Waals surface area (Å²) >= 11 is 0. The molecule has 28 heavy (non-hydrogen) atoms. The predicted octanol–water partition coefficient (Wildman–Crippen LogP) is -0.951. The van der Waals surface area contributed by atoms with Crippen LogP contribution in [0.4, 0.5) is 9.59 Å². The van der Waals surface area contributed by atoms with Gasteiger partial charge in [0.2, 0.25) is 5.91 Å². The lowest BCUT2D eigenvalue weighted by Gasteiger charge is -2.30. The number of carboxylic acid groups (broad SMARTS) is 1. The molecule has 0 bridgehead atoms.